The Hall–Kier alpha value is -0.153. The van der Waals surface area contributed by atoms with Crippen LogP contribution in [0.2, 0.25) is 18.1 Å². The van der Waals surface area contributed by atoms with Crippen LogP contribution in [-0.4, -0.2) is 20.2 Å². The second-order valence-corrected chi connectivity index (χ2v) is 11.0. The summed E-state index contributed by atoms with van der Waals surface area (Å²) in [5.41, 5.74) is 0. The van der Waals surface area contributed by atoms with Crippen LogP contribution >= 0.6 is 0 Å². The van der Waals surface area contributed by atoms with E-state index in [9.17, 15) is 4.79 Å². The minimum Gasteiger partial charge on any atom is -0.414 e. The zero-order chi connectivity index (χ0) is 11.9. The van der Waals surface area contributed by atoms with Gasteiger partial charge in [-0.25, -0.2) is 0 Å². The summed E-state index contributed by atoms with van der Waals surface area (Å²) in [5, 5.41) is 0.272. The van der Waals surface area contributed by atoms with Gasteiger partial charge in [0.2, 0.25) is 0 Å². The van der Waals surface area contributed by atoms with Gasteiger partial charge >= 0.3 is 0 Å². The molecule has 1 fully saturated rings. The fourth-order valence-electron chi connectivity index (χ4n) is 1.59. The lowest BCUT2D eigenvalue weighted by atomic mass is 9.80. The van der Waals surface area contributed by atoms with E-state index in [1.54, 1.807) is 6.92 Å². The van der Waals surface area contributed by atoms with Crippen LogP contribution in [0.1, 0.15) is 40.5 Å². The van der Waals surface area contributed by atoms with E-state index < -0.39 is 8.32 Å². The highest BCUT2D eigenvalue weighted by Gasteiger charge is 2.43. The maximum absolute atomic E-state index is 11.1. The number of Topliss-reactive ketones (excluding diaryl/α,β-unsaturated/α-hetero) is 1. The zero-order valence-electron chi connectivity index (χ0n) is 10.9. The van der Waals surface area contributed by atoms with Crippen molar-refractivity contribution < 1.29 is 9.22 Å². The maximum atomic E-state index is 11.1. The molecular weight excluding hydrogens is 204 g/mol. The third-order valence-corrected chi connectivity index (χ3v) is 8.47. The average Bonchev–Trinajstić information content (AvgIpc) is 1.92. The molecule has 88 valence electrons. The molecule has 0 atom stereocenters. The van der Waals surface area contributed by atoms with Gasteiger partial charge in [0, 0.05) is 12.0 Å². The van der Waals surface area contributed by atoms with Gasteiger partial charge < -0.3 is 4.43 Å². The molecule has 0 aromatic carbocycles. The van der Waals surface area contributed by atoms with E-state index in [-0.39, 0.29) is 11.0 Å². The molecule has 1 aliphatic carbocycles. The Balaban J connectivity index is 2.42. The Bertz CT molecular complexity index is 247. The molecule has 2 nitrogen and oxygen atoms in total. The first-order chi connectivity index (χ1) is 6.63. The predicted octanol–water partition coefficient (Wildman–Crippen LogP) is 3.38. The van der Waals surface area contributed by atoms with E-state index >= 15 is 0 Å². The quantitative estimate of drug-likeness (QED) is 0.692. The lowest BCUT2D eigenvalue weighted by molar-refractivity contribution is -0.126. The summed E-state index contributed by atoms with van der Waals surface area (Å²) in [5.74, 6) is 0.602. The van der Waals surface area contributed by atoms with Crippen LogP contribution in [0.4, 0.5) is 0 Å². The smallest absolute Gasteiger partial charge is 0.192 e. The Kier molecular flexibility index (Phi) is 3.46. The third-order valence-electron chi connectivity index (χ3n) is 3.94. The Morgan fingerprint density at radius 2 is 1.73 bits per heavy atom. The molecule has 0 amide bonds. The number of hydrogen-bond acceptors (Lipinski definition) is 2. The van der Waals surface area contributed by atoms with Gasteiger partial charge in [-0.3, -0.25) is 4.79 Å². The van der Waals surface area contributed by atoms with Crippen molar-refractivity contribution in [1.29, 1.82) is 0 Å². The van der Waals surface area contributed by atoms with Crippen molar-refractivity contribution in [3.63, 3.8) is 0 Å². The highest BCUT2D eigenvalue weighted by molar-refractivity contribution is 6.74. The molecule has 0 spiro atoms. The second-order valence-electron chi connectivity index (χ2n) is 6.28. The van der Waals surface area contributed by atoms with Crippen LogP contribution in [0.25, 0.3) is 0 Å². The van der Waals surface area contributed by atoms with E-state index in [2.05, 4.69) is 33.9 Å². The van der Waals surface area contributed by atoms with E-state index in [1.807, 2.05) is 0 Å². The Morgan fingerprint density at radius 3 is 2.07 bits per heavy atom. The molecule has 0 saturated heterocycles. The average molecular weight is 228 g/mol. The number of hydrogen-bond donors (Lipinski definition) is 0. The van der Waals surface area contributed by atoms with Gasteiger partial charge in [0.1, 0.15) is 5.78 Å². The molecule has 0 heterocycles. The molecule has 15 heavy (non-hydrogen) atoms. The third kappa shape index (κ3) is 2.91. The SMILES string of the molecule is CC(=O)C1CC(O[Si](C)(C)C(C)(C)C)C1. The maximum Gasteiger partial charge on any atom is 0.192 e. The second kappa shape index (κ2) is 4.02. The summed E-state index contributed by atoms with van der Waals surface area (Å²) in [7, 11) is -1.61. The van der Waals surface area contributed by atoms with Gasteiger partial charge in [0.25, 0.3) is 0 Å². The molecule has 0 aromatic heterocycles. The van der Waals surface area contributed by atoms with Gasteiger partial charge in [-0.1, -0.05) is 20.8 Å². The largest absolute Gasteiger partial charge is 0.414 e. The first-order valence-electron chi connectivity index (χ1n) is 5.82. The van der Waals surface area contributed by atoms with Crippen molar-refractivity contribution >= 4 is 14.1 Å². The first kappa shape index (κ1) is 12.9. The fraction of sp³-hybridized carbons (Fsp3) is 0.917. The molecule has 1 aliphatic rings. The lowest BCUT2D eigenvalue weighted by Gasteiger charge is -2.44. The van der Waals surface area contributed by atoms with Gasteiger partial charge in [-0.05, 0) is 37.9 Å². The van der Waals surface area contributed by atoms with Gasteiger partial charge in [0.05, 0.1) is 0 Å². The molecular formula is C12H24O2Si. The molecule has 0 aliphatic heterocycles. The molecule has 3 heteroatoms. The monoisotopic (exact) mass is 228 g/mol. The summed E-state index contributed by atoms with van der Waals surface area (Å²) in [6.07, 6.45) is 2.24. The minimum absolute atomic E-state index is 0.272. The molecule has 0 radical (unpaired) electrons. The van der Waals surface area contributed by atoms with Crippen molar-refractivity contribution in [3.8, 4) is 0 Å². The van der Waals surface area contributed by atoms with Crippen LogP contribution in [0, 0.1) is 5.92 Å². The molecule has 0 N–H and O–H groups in total. The standard InChI is InChI=1S/C12H24O2Si/c1-9(13)10-7-11(8-10)14-15(5,6)12(2,3)4/h10-11H,7-8H2,1-6H3. The minimum atomic E-state index is -1.61. The Labute approximate surface area is 94.5 Å². The topological polar surface area (TPSA) is 26.3 Å². The van der Waals surface area contributed by atoms with E-state index in [4.69, 9.17) is 4.43 Å². The van der Waals surface area contributed by atoms with Crippen LogP contribution in [0.3, 0.4) is 0 Å². The first-order valence-corrected chi connectivity index (χ1v) is 8.72. The Morgan fingerprint density at radius 1 is 1.27 bits per heavy atom. The molecule has 1 rings (SSSR count). The highest BCUT2D eigenvalue weighted by Crippen LogP contribution is 2.41. The van der Waals surface area contributed by atoms with Gasteiger partial charge in [-0.15, -0.1) is 0 Å². The van der Waals surface area contributed by atoms with E-state index in [0.29, 0.717) is 11.9 Å². The summed E-state index contributed by atoms with van der Waals surface area (Å²) < 4.78 is 6.21. The molecule has 0 unspecified atom stereocenters. The summed E-state index contributed by atoms with van der Waals surface area (Å²) in [4.78, 5) is 11.1. The van der Waals surface area contributed by atoms with Crippen LogP contribution in [-0.2, 0) is 9.22 Å². The van der Waals surface area contributed by atoms with Crippen molar-refractivity contribution in [2.24, 2.45) is 5.92 Å². The number of ketones is 1. The zero-order valence-corrected chi connectivity index (χ0v) is 11.9. The molecule has 1 saturated carbocycles. The van der Waals surface area contributed by atoms with Crippen molar-refractivity contribution in [1.82, 2.24) is 0 Å². The highest BCUT2D eigenvalue weighted by atomic mass is 28.4. The van der Waals surface area contributed by atoms with Gasteiger partial charge in [-0.2, -0.15) is 0 Å². The van der Waals surface area contributed by atoms with Crippen LogP contribution < -0.4 is 0 Å². The van der Waals surface area contributed by atoms with Crippen molar-refractivity contribution in [2.45, 2.75) is 64.8 Å². The summed E-state index contributed by atoms with van der Waals surface area (Å²) in [6.45, 7) is 13.0. The van der Waals surface area contributed by atoms with Crippen molar-refractivity contribution in [2.75, 3.05) is 0 Å². The normalized spacial score (nSPS) is 27.3. The van der Waals surface area contributed by atoms with Crippen molar-refractivity contribution in [3.05, 3.63) is 0 Å². The number of carbonyl (C=O) groups excluding carboxylic acids is 1. The molecule has 0 bridgehead atoms. The summed E-state index contributed by atoms with van der Waals surface area (Å²) in [6, 6.07) is 0. The van der Waals surface area contributed by atoms with Crippen LogP contribution in [0.15, 0.2) is 0 Å². The van der Waals surface area contributed by atoms with Gasteiger partial charge in [0.15, 0.2) is 8.32 Å². The number of carbonyl (C=O) groups is 1. The fourth-order valence-corrected chi connectivity index (χ4v) is 2.97. The lowest BCUT2D eigenvalue weighted by Crippen LogP contribution is -2.48. The van der Waals surface area contributed by atoms with E-state index in [0.717, 1.165) is 12.8 Å². The molecule has 0 aromatic rings. The number of rotatable bonds is 3. The van der Waals surface area contributed by atoms with Crippen LogP contribution in [0.5, 0.6) is 0 Å². The predicted molar refractivity (Wildman–Crippen MR) is 65.5 cm³/mol. The summed E-state index contributed by atoms with van der Waals surface area (Å²) >= 11 is 0. The van der Waals surface area contributed by atoms with E-state index in [1.165, 1.54) is 0 Å².